The zero-order valence-corrected chi connectivity index (χ0v) is 22.6. The van der Waals surface area contributed by atoms with Crippen LogP contribution >= 0.6 is 0 Å². The summed E-state index contributed by atoms with van der Waals surface area (Å²) in [6.45, 7) is 0.0875. The first-order valence-corrected chi connectivity index (χ1v) is 13.4. The average molecular weight is 563 g/mol. The molecule has 0 saturated heterocycles. The van der Waals surface area contributed by atoms with E-state index in [2.05, 4.69) is 5.32 Å². The molecule has 1 aliphatic heterocycles. The van der Waals surface area contributed by atoms with E-state index in [0.717, 1.165) is 22.3 Å². The molecule has 3 amide bonds. The number of carbonyl (C=O) groups excluding carboxylic acids is 4. The van der Waals surface area contributed by atoms with Crippen LogP contribution in [0.1, 0.15) is 55.8 Å². The summed E-state index contributed by atoms with van der Waals surface area (Å²) in [4.78, 5) is 56.7. The van der Waals surface area contributed by atoms with Gasteiger partial charge in [0.1, 0.15) is 12.4 Å². The smallest absolute Gasteiger partial charge is 0.407 e. The number of rotatable bonds is 8. The van der Waals surface area contributed by atoms with Crippen LogP contribution in [0.25, 0.3) is 11.1 Å². The molecule has 42 heavy (non-hydrogen) atoms. The van der Waals surface area contributed by atoms with E-state index in [-0.39, 0.29) is 30.1 Å². The summed E-state index contributed by atoms with van der Waals surface area (Å²) >= 11 is 0. The highest BCUT2D eigenvalue weighted by molar-refractivity contribution is 6.20. The lowest BCUT2D eigenvalue weighted by atomic mass is 9.98. The van der Waals surface area contributed by atoms with E-state index in [1.54, 1.807) is 36.4 Å². The van der Waals surface area contributed by atoms with Gasteiger partial charge in [-0.25, -0.2) is 9.59 Å². The molecule has 2 aliphatic rings. The Balaban J connectivity index is 1.17. The van der Waals surface area contributed by atoms with Gasteiger partial charge in [0.05, 0.1) is 30.7 Å². The monoisotopic (exact) mass is 562 g/mol. The van der Waals surface area contributed by atoms with Crippen molar-refractivity contribution < 1.29 is 33.5 Å². The van der Waals surface area contributed by atoms with Crippen LogP contribution in [0.4, 0.5) is 4.79 Å². The first-order valence-electron chi connectivity index (χ1n) is 13.4. The van der Waals surface area contributed by atoms with Gasteiger partial charge in [-0.1, -0.05) is 77.9 Å². The third-order valence-corrected chi connectivity index (χ3v) is 7.45. The molecule has 0 saturated carbocycles. The molecule has 9 nitrogen and oxygen atoms in total. The van der Waals surface area contributed by atoms with Gasteiger partial charge in [-0.3, -0.25) is 9.59 Å². The van der Waals surface area contributed by atoms with Gasteiger partial charge >= 0.3 is 12.1 Å². The second-order valence-electron chi connectivity index (χ2n) is 9.92. The molecule has 0 aromatic heterocycles. The van der Waals surface area contributed by atoms with Crippen molar-refractivity contribution in [1.82, 2.24) is 10.4 Å². The van der Waals surface area contributed by atoms with E-state index in [1.165, 1.54) is 19.2 Å². The zero-order chi connectivity index (χ0) is 29.2. The lowest BCUT2D eigenvalue weighted by Gasteiger charge is -2.21. The van der Waals surface area contributed by atoms with E-state index in [1.807, 2.05) is 48.5 Å². The van der Waals surface area contributed by atoms with E-state index in [9.17, 15) is 19.2 Å². The molecule has 6 rings (SSSR count). The standard InChI is InChI=1S/C33H26N2O7/c1-40-21-10-8-9-20(17-21)29(18-30(36)42-35-31(37)26-15-6-7-16-27(26)32(35)38)34-33(39)41-19-28-24-13-4-2-11-22(24)23-12-3-5-14-25(23)28/h2-17,28-29H,18-19H2,1H3,(H,34,39). The molecule has 1 heterocycles. The molecule has 4 aromatic rings. The van der Waals surface area contributed by atoms with Crippen molar-refractivity contribution in [2.75, 3.05) is 13.7 Å². The fraction of sp³-hybridized carbons (Fsp3) is 0.152. The lowest BCUT2D eigenvalue weighted by Crippen LogP contribution is -2.36. The Morgan fingerprint density at radius 2 is 1.36 bits per heavy atom. The van der Waals surface area contributed by atoms with Gasteiger partial charge in [0.2, 0.25) is 0 Å². The van der Waals surface area contributed by atoms with E-state index in [4.69, 9.17) is 14.3 Å². The van der Waals surface area contributed by atoms with Crippen LogP contribution in [0.2, 0.25) is 0 Å². The Hall–Kier alpha value is -5.44. The first kappa shape index (κ1) is 26.8. The van der Waals surface area contributed by atoms with Gasteiger partial charge in [-0.15, -0.1) is 0 Å². The number of carbonyl (C=O) groups is 4. The van der Waals surface area contributed by atoms with Crippen molar-refractivity contribution in [3.8, 4) is 16.9 Å². The summed E-state index contributed by atoms with van der Waals surface area (Å²) in [5.74, 6) is -1.98. The van der Waals surface area contributed by atoms with Crippen LogP contribution in [0.5, 0.6) is 5.75 Å². The maximum Gasteiger partial charge on any atom is 0.407 e. The molecule has 1 N–H and O–H groups in total. The van der Waals surface area contributed by atoms with Crippen LogP contribution in [-0.4, -0.2) is 42.7 Å². The van der Waals surface area contributed by atoms with Crippen LogP contribution in [0.3, 0.4) is 0 Å². The number of hydroxylamine groups is 2. The van der Waals surface area contributed by atoms with Gasteiger partial charge in [-0.05, 0) is 52.1 Å². The Labute approximate surface area is 241 Å². The number of amides is 3. The van der Waals surface area contributed by atoms with Crippen LogP contribution in [0, 0.1) is 0 Å². The van der Waals surface area contributed by atoms with Crippen molar-refractivity contribution >= 4 is 23.9 Å². The molecule has 210 valence electrons. The third kappa shape index (κ3) is 4.96. The molecule has 0 radical (unpaired) electrons. The summed E-state index contributed by atoms with van der Waals surface area (Å²) in [5.41, 5.74) is 5.19. The maximum absolute atomic E-state index is 13.1. The van der Waals surface area contributed by atoms with Crippen molar-refractivity contribution in [1.29, 1.82) is 0 Å². The summed E-state index contributed by atoms with van der Waals surface area (Å²) in [6, 6.07) is 28.1. The largest absolute Gasteiger partial charge is 0.497 e. The van der Waals surface area contributed by atoms with Gasteiger partial charge in [0.25, 0.3) is 11.8 Å². The topological polar surface area (TPSA) is 111 Å². The van der Waals surface area contributed by atoms with Crippen molar-refractivity contribution in [2.45, 2.75) is 18.4 Å². The van der Waals surface area contributed by atoms with Crippen molar-refractivity contribution in [2.24, 2.45) is 0 Å². The number of hydrogen-bond acceptors (Lipinski definition) is 7. The predicted molar refractivity (Wildman–Crippen MR) is 152 cm³/mol. The maximum atomic E-state index is 13.1. The summed E-state index contributed by atoms with van der Waals surface area (Å²) in [5, 5.41) is 3.19. The highest BCUT2D eigenvalue weighted by Gasteiger charge is 2.39. The molecule has 9 heteroatoms. The highest BCUT2D eigenvalue weighted by atomic mass is 16.7. The quantitative estimate of drug-likeness (QED) is 0.286. The molecular weight excluding hydrogens is 536 g/mol. The van der Waals surface area contributed by atoms with Crippen LogP contribution < -0.4 is 10.1 Å². The number of nitrogens with zero attached hydrogens (tertiary/aromatic N) is 1. The second kappa shape index (κ2) is 11.2. The second-order valence-corrected chi connectivity index (χ2v) is 9.92. The number of methoxy groups -OCH3 is 1. The Morgan fingerprint density at radius 1 is 0.786 bits per heavy atom. The summed E-state index contributed by atoms with van der Waals surface area (Å²) in [7, 11) is 1.50. The number of ether oxygens (including phenoxy) is 2. The number of fused-ring (bicyclic) bond motifs is 4. The molecule has 0 fully saturated rings. The number of hydrogen-bond donors (Lipinski definition) is 1. The fourth-order valence-corrected chi connectivity index (χ4v) is 5.45. The molecule has 0 spiro atoms. The van der Waals surface area contributed by atoms with Gasteiger partial charge in [-0.2, -0.15) is 0 Å². The number of alkyl carbamates (subject to hydrolysis) is 1. The highest BCUT2D eigenvalue weighted by Crippen LogP contribution is 2.44. The molecular formula is C33H26N2O7. The molecule has 4 aromatic carbocycles. The minimum absolute atomic E-state index is 0.0875. The number of benzene rings is 4. The fourth-order valence-electron chi connectivity index (χ4n) is 5.45. The minimum Gasteiger partial charge on any atom is -0.497 e. The molecule has 1 atom stereocenters. The average Bonchev–Trinajstić information content (AvgIpc) is 3.47. The van der Waals surface area contributed by atoms with Gasteiger partial charge in [0.15, 0.2) is 0 Å². The van der Waals surface area contributed by atoms with E-state index < -0.39 is 29.9 Å². The van der Waals surface area contributed by atoms with E-state index in [0.29, 0.717) is 16.4 Å². The first-order chi connectivity index (χ1) is 20.4. The van der Waals surface area contributed by atoms with Gasteiger partial charge < -0.3 is 19.6 Å². The summed E-state index contributed by atoms with van der Waals surface area (Å²) in [6.07, 6.45) is -1.12. The van der Waals surface area contributed by atoms with Crippen molar-refractivity contribution in [3.63, 3.8) is 0 Å². The molecule has 0 bridgehead atoms. The SMILES string of the molecule is COc1cccc(C(CC(=O)ON2C(=O)c3ccccc3C2=O)NC(=O)OCC2c3ccccc3-c3ccccc32)c1. The van der Waals surface area contributed by atoms with Gasteiger partial charge in [0, 0.05) is 5.92 Å². The normalized spacial score (nSPS) is 14.1. The van der Waals surface area contributed by atoms with Crippen LogP contribution in [0.15, 0.2) is 97.1 Å². The lowest BCUT2D eigenvalue weighted by molar-refractivity contribution is -0.169. The minimum atomic E-state index is -0.904. The summed E-state index contributed by atoms with van der Waals surface area (Å²) < 4.78 is 11.0. The van der Waals surface area contributed by atoms with Crippen LogP contribution in [-0.2, 0) is 14.4 Å². The Morgan fingerprint density at radius 3 is 1.95 bits per heavy atom. The third-order valence-electron chi connectivity index (χ3n) is 7.45. The number of imide groups is 1. The Kier molecular flexibility index (Phi) is 7.14. The molecule has 1 unspecified atom stereocenters. The number of nitrogens with one attached hydrogen (secondary N) is 1. The van der Waals surface area contributed by atoms with E-state index >= 15 is 0 Å². The molecule has 1 aliphatic carbocycles. The predicted octanol–water partition coefficient (Wildman–Crippen LogP) is 5.42. The zero-order valence-electron chi connectivity index (χ0n) is 22.6. The Bertz CT molecular complexity index is 1640. The van der Waals surface area contributed by atoms with Crippen molar-refractivity contribution in [3.05, 3.63) is 125 Å².